The minimum atomic E-state index is -0.547. The van der Waals surface area contributed by atoms with E-state index in [0.29, 0.717) is 18.1 Å². The third-order valence-electron chi connectivity index (χ3n) is 3.22. The second kappa shape index (κ2) is 7.32. The van der Waals surface area contributed by atoms with Crippen LogP contribution in [-0.2, 0) is 22.4 Å². The van der Waals surface area contributed by atoms with Gasteiger partial charge in [0, 0.05) is 4.47 Å². The maximum absolute atomic E-state index is 11.8. The van der Waals surface area contributed by atoms with Crippen LogP contribution in [0.2, 0.25) is 0 Å². The molecule has 0 N–H and O–H groups in total. The zero-order chi connectivity index (χ0) is 18.9. The standard InChI is InChI=1S/C17H18BrN3O4S/c1-17(2,3)25-15(22)8-13-21-20-12(24-13)7-14-19-16-10(23-4)5-9(18)6-11(16)26-14/h5-6H,7-8H2,1-4H3. The van der Waals surface area contributed by atoms with Gasteiger partial charge < -0.3 is 13.9 Å². The molecule has 138 valence electrons. The van der Waals surface area contributed by atoms with Crippen molar-refractivity contribution >= 4 is 43.5 Å². The lowest BCUT2D eigenvalue weighted by Crippen LogP contribution is -2.24. The molecule has 0 aliphatic rings. The first kappa shape index (κ1) is 18.8. The number of ether oxygens (including phenoxy) is 2. The second-order valence-electron chi connectivity index (χ2n) is 6.59. The predicted molar refractivity (Wildman–Crippen MR) is 101 cm³/mol. The Morgan fingerprint density at radius 3 is 2.69 bits per heavy atom. The van der Waals surface area contributed by atoms with Gasteiger partial charge in [0.05, 0.1) is 18.2 Å². The summed E-state index contributed by atoms with van der Waals surface area (Å²) in [5.74, 6) is 0.937. The van der Waals surface area contributed by atoms with E-state index in [4.69, 9.17) is 13.9 Å². The van der Waals surface area contributed by atoms with E-state index >= 15 is 0 Å². The molecule has 0 unspecified atom stereocenters. The number of hydrogen-bond donors (Lipinski definition) is 0. The third-order valence-corrected chi connectivity index (χ3v) is 4.68. The van der Waals surface area contributed by atoms with Crippen LogP contribution in [0.1, 0.15) is 37.6 Å². The Morgan fingerprint density at radius 1 is 1.27 bits per heavy atom. The normalized spacial score (nSPS) is 11.7. The Kier molecular flexibility index (Phi) is 5.29. The maximum atomic E-state index is 11.8. The van der Waals surface area contributed by atoms with Crippen molar-refractivity contribution in [1.29, 1.82) is 0 Å². The van der Waals surface area contributed by atoms with E-state index in [-0.39, 0.29) is 12.3 Å². The van der Waals surface area contributed by atoms with E-state index in [1.54, 1.807) is 7.11 Å². The first-order chi connectivity index (χ1) is 12.2. The molecule has 1 aromatic carbocycles. The monoisotopic (exact) mass is 439 g/mol. The van der Waals surface area contributed by atoms with Crippen LogP contribution in [0.15, 0.2) is 21.0 Å². The largest absolute Gasteiger partial charge is 0.494 e. The van der Waals surface area contributed by atoms with Gasteiger partial charge in [-0.2, -0.15) is 0 Å². The molecule has 0 bridgehead atoms. The molecule has 3 rings (SSSR count). The maximum Gasteiger partial charge on any atom is 0.315 e. The van der Waals surface area contributed by atoms with Crippen molar-refractivity contribution in [1.82, 2.24) is 15.2 Å². The van der Waals surface area contributed by atoms with Crippen LogP contribution >= 0.6 is 27.3 Å². The molecule has 9 heteroatoms. The number of fused-ring (bicyclic) bond motifs is 1. The average molecular weight is 440 g/mol. The number of rotatable bonds is 5. The van der Waals surface area contributed by atoms with Crippen LogP contribution in [0, 0.1) is 0 Å². The molecule has 0 aliphatic carbocycles. The molecule has 7 nitrogen and oxygen atoms in total. The van der Waals surface area contributed by atoms with E-state index in [0.717, 1.165) is 19.7 Å². The molecule has 0 amide bonds. The highest BCUT2D eigenvalue weighted by Gasteiger charge is 2.20. The first-order valence-electron chi connectivity index (χ1n) is 7.89. The lowest BCUT2D eigenvalue weighted by molar-refractivity contribution is -0.154. The molecule has 0 spiro atoms. The molecule has 0 fully saturated rings. The molecule has 0 aliphatic heterocycles. The Bertz CT molecular complexity index is 945. The van der Waals surface area contributed by atoms with Crippen molar-refractivity contribution in [2.75, 3.05) is 7.11 Å². The number of carbonyl (C=O) groups is 1. The van der Waals surface area contributed by atoms with Gasteiger partial charge in [-0.05, 0) is 32.9 Å². The number of aromatic nitrogens is 3. The Morgan fingerprint density at radius 2 is 2.00 bits per heavy atom. The summed E-state index contributed by atoms with van der Waals surface area (Å²) in [6.45, 7) is 5.43. The van der Waals surface area contributed by atoms with Gasteiger partial charge in [-0.15, -0.1) is 21.5 Å². The Hall–Kier alpha value is -2.00. The fourth-order valence-electron chi connectivity index (χ4n) is 2.31. The summed E-state index contributed by atoms with van der Waals surface area (Å²) in [6, 6.07) is 3.86. The summed E-state index contributed by atoms with van der Waals surface area (Å²) in [5, 5.41) is 8.73. The van der Waals surface area contributed by atoms with Gasteiger partial charge in [-0.25, -0.2) is 4.98 Å². The fraction of sp³-hybridized carbons (Fsp3) is 0.412. The van der Waals surface area contributed by atoms with Crippen LogP contribution in [0.4, 0.5) is 0 Å². The minimum absolute atomic E-state index is 0.0507. The van der Waals surface area contributed by atoms with Crippen molar-refractivity contribution in [2.45, 2.75) is 39.2 Å². The number of thiazole rings is 1. The zero-order valence-electron chi connectivity index (χ0n) is 14.8. The molecule has 0 atom stereocenters. The van der Waals surface area contributed by atoms with Crippen molar-refractivity contribution in [3.05, 3.63) is 33.4 Å². The lowest BCUT2D eigenvalue weighted by Gasteiger charge is -2.18. The average Bonchev–Trinajstić information content (AvgIpc) is 3.11. The van der Waals surface area contributed by atoms with Gasteiger partial charge in [0.2, 0.25) is 11.8 Å². The molecular formula is C17H18BrN3O4S. The highest BCUT2D eigenvalue weighted by Crippen LogP contribution is 2.34. The van der Waals surface area contributed by atoms with Crippen LogP contribution in [0.5, 0.6) is 5.75 Å². The molecule has 2 heterocycles. The molecule has 26 heavy (non-hydrogen) atoms. The predicted octanol–water partition coefficient (Wildman–Crippen LogP) is 3.93. The molecule has 0 radical (unpaired) electrons. The molecular weight excluding hydrogens is 422 g/mol. The highest BCUT2D eigenvalue weighted by atomic mass is 79.9. The van der Waals surface area contributed by atoms with E-state index in [9.17, 15) is 4.79 Å². The van der Waals surface area contributed by atoms with Crippen molar-refractivity contribution < 1.29 is 18.7 Å². The van der Waals surface area contributed by atoms with Gasteiger partial charge in [0.15, 0.2) is 0 Å². The van der Waals surface area contributed by atoms with E-state index < -0.39 is 11.6 Å². The van der Waals surface area contributed by atoms with Crippen molar-refractivity contribution in [2.24, 2.45) is 0 Å². The zero-order valence-corrected chi connectivity index (χ0v) is 17.2. The summed E-state index contributed by atoms with van der Waals surface area (Å²) < 4.78 is 18.1. The second-order valence-corrected chi connectivity index (χ2v) is 8.62. The van der Waals surface area contributed by atoms with Gasteiger partial charge in [-0.3, -0.25) is 4.79 Å². The van der Waals surface area contributed by atoms with E-state index in [2.05, 4.69) is 31.1 Å². The van der Waals surface area contributed by atoms with Gasteiger partial charge in [-0.1, -0.05) is 15.9 Å². The topological polar surface area (TPSA) is 87.3 Å². The number of benzene rings is 1. The number of nitrogens with zero attached hydrogens (tertiary/aromatic N) is 3. The molecule has 2 aromatic heterocycles. The van der Waals surface area contributed by atoms with Crippen molar-refractivity contribution in [3.63, 3.8) is 0 Å². The SMILES string of the molecule is COc1cc(Br)cc2sc(Cc3nnc(CC(=O)OC(C)(C)C)o3)nc12. The third kappa shape index (κ3) is 4.59. The molecule has 0 saturated carbocycles. The number of hydrogen-bond acceptors (Lipinski definition) is 8. The summed E-state index contributed by atoms with van der Waals surface area (Å²) in [6.07, 6.45) is 0.340. The fourth-order valence-corrected chi connectivity index (χ4v) is 3.91. The first-order valence-corrected chi connectivity index (χ1v) is 9.50. The summed E-state index contributed by atoms with van der Waals surface area (Å²) in [5.41, 5.74) is 0.248. The van der Waals surface area contributed by atoms with Gasteiger partial charge >= 0.3 is 5.97 Å². The Labute approximate surface area is 162 Å². The van der Waals surface area contributed by atoms with E-state index in [1.807, 2.05) is 32.9 Å². The molecule has 0 saturated heterocycles. The van der Waals surface area contributed by atoms with Gasteiger partial charge in [0.25, 0.3) is 0 Å². The molecule has 3 aromatic rings. The quantitative estimate of drug-likeness (QED) is 0.556. The summed E-state index contributed by atoms with van der Waals surface area (Å²) in [4.78, 5) is 16.4. The number of carbonyl (C=O) groups excluding carboxylic acids is 1. The van der Waals surface area contributed by atoms with Crippen LogP contribution < -0.4 is 4.74 Å². The number of halogens is 1. The number of esters is 1. The van der Waals surface area contributed by atoms with Crippen LogP contribution in [-0.4, -0.2) is 33.9 Å². The smallest absolute Gasteiger partial charge is 0.315 e. The van der Waals surface area contributed by atoms with Crippen molar-refractivity contribution in [3.8, 4) is 5.75 Å². The highest BCUT2D eigenvalue weighted by molar-refractivity contribution is 9.10. The summed E-state index contributed by atoms with van der Waals surface area (Å²) in [7, 11) is 1.61. The van der Waals surface area contributed by atoms with E-state index in [1.165, 1.54) is 11.3 Å². The summed E-state index contributed by atoms with van der Waals surface area (Å²) >= 11 is 4.99. The minimum Gasteiger partial charge on any atom is -0.494 e. The van der Waals surface area contributed by atoms with Crippen LogP contribution in [0.3, 0.4) is 0 Å². The number of methoxy groups -OCH3 is 1. The lowest BCUT2D eigenvalue weighted by atomic mass is 10.2. The van der Waals surface area contributed by atoms with Crippen LogP contribution in [0.25, 0.3) is 10.2 Å². The van der Waals surface area contributed by atoms with Gasteiger partial charge in [0.1, 0.15) is 28.3 Å². The Balaban J connectivity index is 1.73.